The Kier molecular flexibility index (Phi) is 12.5. The summed E-state index contributed by atoms with van der Waals surface area (Å²) >= 11 is 0. The number of allylic oxidation sites excluding steroid dienone is 2. The highest BCUT2D eigenvalue weighted by Gasteiger charge is 2.40. The average Bonchev–Trinajstić information content (AvgIpc) is 3.36. The van der Waals surface area contributed by atoms with Crippen molar-refractivity contribution in [2.24, 2.45) is 23.2 Å². The number of rotatable bonds is 14. The van der Waals surface area contributed by atoms with Gasteiger partial charge in [0.05, 0.1) is 0 Å². The van der Waals surface area contributed by atoms with E-state index < -0.39 is 6.04 Å². The van der Waals surface area contributed by atoms with Gasteiger partial charge in [0.15, 0.2) is 0 Å². The maximum Gasteiger partial charge on any atom is 0.329 e. The molecule has 2 aliphatic rings. The van der Waals surface area contributed by atoms with Crippen molar-refractivity contribution in [1.82, 2.24) is 5.32 Å². The van der Waals surface area contributed by atoms with Crippen LogP contribution < -0.4 is 5.32 Å². The van der Waals surface area contributed by atoms with Crippen molar-refractivity contribution >= 4 is 33.5 Å². The van der Waals surface area contributed by atoms with Crippen LogP contribution in [0.25, 0.3) is 0 Å². The minimum absolute atomic E-state index is 0.00699. The Balaban J connectivity index is 1.88. The van der Waals surface area contributed by atoms with Crippen LogP contribution >= 0.6 is 21.6 Å². The monoisotopic (exact) mass is 521 g/mol. The number of unbranched alkanes of at least 4 members (excludes halogenated alkanes) is 1. The summed E-state index contributed by atoms with van der Waals surface area (Å²) in [7, 11) is 3.93. The molecule has 1 heterocycles. The van der Waals surface area contributed by atoms with Crippen molar-refractivity contribution in [3.8, 4) is 0 Å². The van der Waals surface area contributed by atoms with Crippen LogP contribution in [0.15, 0.2) is 37.0 Å². The van der Waals surface area contributed by atoms with Gasteiger partial charge in [0, 0.05) is 17.4 Å². The summed E-state index contributed by atoms with van der Waals surface area (Å²) in [5, 5.41) is 3.70. The number of carbonyl (C=O) groups excluding carboxylic acids is 2. The van der Waals surface area contributed by atoms with Gasteiger partial charge in [-0.15, -0.1) is 6.58 Å². The lowest BCUT2D eigenvalue weighted by atomic mass is 9.61. The fraction of sp³-hybridized carbons (Fsp3) is 0.724. The highest BCUT2D eigenvalue weighted by atomic mass is 33.1. The molecule has 0 bridgehead atoms. The molecular formula is C29H47NO3S2. The van der Waals surface area contributed by atoms with Crippen LogP contribution in [0.2, 0.25) is 0 Å². The van der Waals surface area contributed by atoms with E-state index in [1.165, 1.54) is 24.2 Å². The highest BCUT2D eigenvalue weighted by molar-refractivity contribution is 8.77. The third-order valence-electron chi connectivity index (χ3n) is 8.09. The molecule has 1 amide bonds. The summed E-state index contributed by atoms with van der Waals surface area (Å²) in [6, 6.07) is -0.623. The van der Waals surface area contributed by atoms with E-state index in [9.17, 15) is 9.59 Å². The number of hydrogen-bond donors (Lipinski definition) is 1. The molecule has 198 valence electrons. The van der Waals surface area contributed by atoms with Gasteiger partial charge in [-0.25, -0.2) is 4.79 Å². The van der Waals surface area contributed by atoms with Gasteiger partial charge >= 0.3 is 5.97 Å². The van der Waals surface area contributed by atoms with E-state index in [4.69, 9.17) is 4.74 Å². The summed E-state index contributed by atoms with van der Waals surface area (Å²) in [5.74, 6) is 1.47. The van der Waals surface area contributed by atoms with Crippen LogP contribution in [-0.2, 0) is 14.3 Å². The molecular weight excluding hydrogens is 474 g/mol. The molecule has 1 N–H and O–H groups in total. The lowest BCUT2D eigenvalue weighted by Crippen LogP contribution is -2.46. The van der Waals surface area contributed by atoms with Crippen LogP contribution in [-0.4, -0.2) is 35.5 Å². The SMILES string of the molecule is C=C[C@]1(C)CC[C@@H](C(=C)C)C[C@H]1C(=C)COC(=O)C(NC(=O)CCCCC1CCSS1)C(C)CC. The second-order valence-corrected chi connectivity index (χ2v) is 13.6. The number of amides is 1. The predicted octanol–water partition coefficient (Wildman–Crippen LogP) is 7.52. The van der Waals surface area contributed by atoms with E-state index in [-0.39, 0.29) is 35.7 Å². The standard InChI is InChI=1S/C29H47NO3S2/c1-8-21(5)27(30-26(31)13-11-10-12-24-15-17-34-35-24)28(32)33-19-22(6)25-18-23(20(3)4)14-16-29(25,7)9-2/h9,21,23-25,27H,2-3,6,8,10-19H2,1,4-5,7H3,(H,30,31)/t21?,23-,24?,25+,27?,29-/m1/s1. The second-order valence-electron chi connectivity index (χ2n) is 10.9. The Morgan fingerprint density at radius 3 is 2.60 bits per heavy atom. The van der Waals surface area contributed by atoms with Gasteiger partial charge in [-0.1, -0.05) is 80.0 Å². The molecule has 0 aromatic rings. The van der Waals surface area contributed by atoms with Gasteiger partial charge in [0.2, 0.25) is 5.91 Å². The number of hydrogen-bond acceptors (Lipinski definition) is 5. The molecule has 2 rings (SSSR count). The molecule has 1 saturated carbocycles. The van der Waals surface area contributed by atoms with Gasteiger partial charge in [-0.05, 0) is 74.2 Å². The fourth-order valence-corrected chi connectivity index (χ4v) is 8.17. The minimum Gasteiger partial charge on any atom is -0.460 e. The predicted molar refractivity (Wildman–Crippen MR) is 152 cm³/mol. The van der Waals surface area contributed by atoms with E-state index in [1.54, 1.807) is 0 Å². The van der Waals surface area contributed by atoms with Crippen molar-refractivity contribution in [1.29, 1.82) is 0 Å². The molecule has 0 spiro atoms. The van der Waals surface area contributed by atoms with Crippen molar-refractivity contribution in [3.63, 3.8) is 0 Å². The molecule has 0 aromatic carbocycles. The zero-order valence-electron chi connectivity index (χ0n) is 22.4. The average molecular weight is 522 g/mol. The van der Waals surface area contributed by atoms with Gasteiger partial charge < -0.3 is 10.1 Å². The van der Waals surface area contributed by atoms with Crippen LogP contribution in [0.4, 0.5) is 0 Å². The smallest absolute Gasteiger partial charge is 0.329 e. The molecule has 3 unspecified atom stereocenters. The van der Waals surface area contributed by atoms with Crippen LogP contribution in [0.3, 0.4) is 0 Å². The van der Waals surface area contributed by atoms with Crippen molar-refractivity contribution in [2.75, 3.05) is 12.4 Å². The lowest BCUT2D eigenvalue weighted by Gasteiger charge is -2.44. The largest absolute Gasteiger partial charge is 0.460 e. The number of carbonyl (C=O) groups is 2. The summed E-state index contributed by atoms with van der Waals surface area (Å²) in [6.45, 7) is 21.1. The first-order chi connectivity index (χ1) is 16.6. The third kappa shape index (κ3) is 9.03. The maximum absolute atomic E-state index is 13.1. The summed E-state index contributed by atoms with van der Waals surface area (Å²) < 4.78 is 5.75. The second kappa shape index (κ2) is 14.6. The molecule has 6 heteroatoms. The Bertz CT molecular complexity index is 761. The van der Waals surface area contributed by atoms with Gasteiger partial charge in [0.25, 0.3) is 0 Å². The molecule has 35 heavy (non-hydrogen) atoms. The van der Waals surface area contributed by atoms with Gasteiger partial charge in [-0.3, -0.25) is 4.79 Å². The lowest BCUT2D eigenvalue weighted by molar-refractivity contribution is -0.148. The van der Waals surface area contributed by atoms with Crippen LogP contribution in [0, 0.1) is 23.2 Å². The van der Waals surface area contributed by atoms with E-state index in [0.717, 1.165) is 49.3 Å². The molecule has 2 fully saturated rings. The zero-order valence-corrected chi connectivity index (χ0v) is 24.0. The zero-order chi connectivity index (χ0) is 26.0. The molecule has 0 radical (unpaired) electrons. The molecule has 4 nitrogen and oxygen atoms in total. The van der Waals surface area contributed by atoms with E-state index >= 15 is 0 Å². The molecule has 6 atom stereocenters. The first-order valence-corrected chi connectivity index (χ1v) is 15.7. The number of esters is 1. The third-order valence-corrected chi connectivity index (χ3v) is 11.1. The first-order valence-electron chi connectivity index (χ1n) is 13.3. The van der Waals surface area contributed by atoms with Gasteiger partial charge in [0.1, 0.15) is 12.6 Å². The van der Waals surface area contributed by atoms with Crippen LogP contribution in [0.1, 0.15) is 85.5 Å². The van der Waals surface area contributed by atoms with Crippen molar-refractivity contribution in [3.05, 3.63) is 37.0 Å². The highest BCUT2D eigenvalue weighted by Crippen LogP contribution is 2.48. The topological polar surface area (TPSA) is 55.4 Å². The Morgan fingerprint density at radius 2 is 2.00 bits per heavy atom. The molecule has 0 aromatic heterocycles. The molecule has 1 aliphatic carbocycles. The summed E-state index contributed by atoms with van der Waals surface area (Å²) in [4.78, 5) is 25.7. The number of ether oxygens (including phenoxy) is 1. The molecule has 1 saturated heterocycles. The molecule has 1 aliphatic heterocycles. The number of nitrogens with one attached hydrogen (secondary N) is 1. The summed E-state index contributed by atoms with van der Waals surface area (Å²) in [5.41, 5.74) is 2.06. The van der Waals surface area contributed by atoms with Crippen molar-refractivity contribution in [2.45, 2.75) is 96.8 Å². The Labute approximate surface area is 222 Å². The fourth-order valence-electron chi connectivity index (χ4n) is 5.15. The maximum atomic E-state index is 13.1. The van der Waals surface area contributed by atoms with E-state index in [1.807, 2.05) is 41.5 Å². The van der Waals surface area contributed by atoms with Gasteiger partial charge in [-0.2, -0.15) is 0 Å². The normalized spacial score (nSPS) is 28.1. The van der Waals surface area contributed by atoms with Crippen molar-refractivity contribution < 1.29 is 14.3 Å². The minimum atomic E-state index is -0.623. The first kappa shape index (κ1) is 30.1. The summed E-state index contributed by atoms with van der Waals surface area (Å²) in [6.07, 6.45) is 10.7. The van der Waals surface area contributed by atoms with E-state index in [2.05, 4.69) is 38.9 Å². The quantitative estimate of drug-likeness (QED) is 0.111. The Hall–Kier alpha value is -1.14. The Morgan fingerprint density at radius 1 is 1.26 bits per heavy atom. The van der Waals surface area contributed by atoms with E-state index in [0.29, 0.717) is 12.3 Å². The van der Waals surface area contributed by atoms with Crippen LogP contribution in [0.5, 0.6) is 0 Å².